The van der Waals surface area contributed by atoms with Gasteiger partial charge in [0.25, 0.3) is 0 Å². The van der Waals surface area contributed by atoms with Gasteiger partial charge in [0.1, 0.15) is 5.75 Å². The molecule has 4 nitrogen and oxygen atoms in total. The fourth-order valence-electron chi connectivity index (χ4n) is 3.74. The number of benzene rings is 1. The van der Waals surface area contributed by atoms with Gasteiger partial charge in [-0.05, 0) is 52.7 Å². The Morgan fingerprint density at radius 3 is 1.84 bits per heavy atom. The third-order valence-electron chi connectivity index (χ3n) is 5.44. The van der Waals surface area contributed by atoms with E-state index in [1.165, 1.54) is 56.0 Å². The van der Waals surface area contributed by atoms with E-state index in [0.717, 1.165) is 25.2 Å². The zero-order chi connectivity index (χ0) is 24.4. The summed E-state index contributed by atoms with van der Waals surface area (Å²) < 4.78 is 10.7. The molecular formula is C28H53N2O2+. The van der Waals surface area contributed by atoms with Crippen molar-refractivity contribution in [1.82, 2.24) is 4.57 Å². The Morgan fingerprint density at radius 1 is 0.812 bits per heavy atom. The summed E-state index contributed by atoms with van der Waals surface area (Å²) in [5.41, 5.74) is 2.53. The molecular weight excluding hydrogens is 396 g/mol. The zero-order valence-electron chi connectivity index (χ0n) is 22.5. The molecule has 0 bridgehead atoms. The Morgan fingerprint density at radius 2 is 1.34 bits per heavy atom. The molecule has 2 aromatic rings. The van der Waals surface area contributed by atoms with Gasteiger partial charge < -0.3 is 9.84 Å². The third-order valence-corrected chi connectivity index (χ3v) is 5.44. The smallest absolute Gasteiger partial charge is 0.245 e. The normalized spacial score (nSPS) is 10.7. The first-order valence-electron chi connectivity index (χ1n) is 13.3. The van der Waals surface area contributed by atoms with Crippen LogP contribution in [0.15, 0.2) is 24.5 Å². The first-order valence-corrected chi connectivity index (χ1v) is 13.3. The van der Waals surface area contributed by atoms with Gasteiger partial charge in [0, 0.05) is 12.7 Å². The van der Waals surface area contributed by atoms with Crippen molar-refractivity contribution < 1.29 is 14.4 Å². The van der Waals surface area contributed by atoms with Gasteiger partial charge in [0.05, 0.1) is 18.7 Å². The van der Waals surface area contributed by atoms with Crippen molar-refractivity contribution in [3.05, 3.63) is 24.5 Å². The van der Waals surface area contributed by atoms with Gasteiger partial charge in [-0.15, -0.1) is 0 Å². The molecule has 0 spiro atoms. The molecule has 0 aliphatic heterocycles. The van der Waals surface area contributed by atoms with E-state index >= 15 is 0 Å². The number of aliphatic hydroxyl groups excluding tert-OH is 1. The lowest BCUT2D eigenvalue weighted by atomic mass is 10.1. The van der Waals surface area contributed by atoms with E-state index in [1.54, 1.807) is 0 Å². The van der Waals surface area contributed by atoms with Crippen LogP contribution in [0.1, 0.15) is 125 Å². The van der Waals surface area contributed by atoms with Crippen LogP contribution >= 0.6 is 0 Å². The largest absolute Gasteiger partial charge is 0.493 e. The van der Waals surface area contributed by atoms with Crippen LogP contribution in [0, 0.1) is 0 Å². The standard InChI is InChI=1S/C24H41N2O2.2C2H6/c1-20(2)25-19-26(21(3)4)24-18-22(14-15-23(24)25)28-17-13-11-9-7-5-6-8-10-12-16-27;2*1-2/h14-15,18-21,27H,5-13,16-17H2,1-4H3;2*1-2H3/q+1;;. The topological polar surface area (TPSA) is 38.3 Å². The average molecular weight is 450 g/mol. The van der Waals surface area contributed by atoms with Crippen LogP contribution in [-0.2, 0) is 0 Å². The molecule has 2 rings (SSSR count). The van der Waals surface area contributed by atoms with Crippen molar-refractivity contribution in [2.24, 2.45) is 0 Å². The average Bonchev–Trinajstić information content (AvgIpc) is 3.20. The molecule has 32 heavy (non-hydrogen) atoms. The molecule has 186 valence electrons. The molecule has 0 saturated heterocycles. The second-order valence-corrected chi connectivity index (χ2v) is 8.52. The van der Waals surface area contributed by atoms with Gasteiger partial charge in [0.15, 0.2) is 11.0 Å². The number of fused-ring (bicyclic) bond motifs is 1. The van der Waals surface area contributed by atoms with Crippen molar-refractivity contribution >= 4 is 11.0 Å². The maximum Gasteiger partial charge on any atom is 0.245 e. The van der Waals surface area contributed by atoms with Gasteiger partial charge >= 0.3 is 0 Å². The monoisotopic (exact) mass is 449 g/mol. The number of aliphatic hydroxyl groups is 1. The van der Waals surface area contributed by atoms with Crippen LogP contribution in [0.4, 0.5) is 0 Å². The summed E-state index contributed by atoms with van der Waals surface area (Å²) in [5.74, 6) is 0.979. The fourth-order valence-corrected chi connectivity index (χ4v) is 3.74. The number of ether oxygens (including phenoxy) is 1. The SMILES string of the molecule is CC.CC.CC(C)n1c[n+](C(C)C)c2ccc(OCCCCCCCCCCCO)cc21. The van der Waals surface area contributed by atoms with Gasteiger partial charge in [-0.1, -0.05) is 72.6 Å². The number of hydrogen-bond acceptors (Lipinski definition) is 2. The van der Waals surface area contributed by atoms with Gasteiger partial charge in [-0.2, -0.15) is 0 Å². The van der Waals surface area contributed by atoms with Gasteiger partial charge in [-0.25, -0.2) is 9.13 Å². The molecule has 4 heteroatoms. The lowest BCUT2D eigenvalue weighted by molar-refractivity contribution is -0.692. The minimum atomic E-state index is 0.341. The Kier molecular flexibility index (Phi) is 18.0. The second-order valence-electron chi connectivity index (χ2n) is 8.52. The maximum absolute atomic E-state index is 8.77. The summed E-state index contributed by atoms with van der Waals surface area (Å²) in [6, 6.07) is 7.38. The van der Waals surface area contributed by atoms with Crippen LogP contribution in [-0.4, -0.2) is 22.9 Å². The highest BCUT2D eigenvalue weighted by atomic mass is 16.5. The predicted molar refractivity (Wildman–Crippen MR) is 140 cm³/mol. The summed E-state index contributed by atoms with van der Waals surface area (Å²) in [4.78, 5) is 0. The van der Waals surface area contributed by atoms with Crippen molar-refractivity contribution in [1.29, 1.82) is 0 Å². The molecule has 0 amide bonds. The van der Waals surface area contributed by atoms with E-state index in [9.17, 15) is 0 Å². The summed E-state index contributed by atoms with van der Waals surface area (Å²) in [7, 11) is 0. The van der Waals surface area contributed by atoms with E-state index in [1.807, 2.05) is 27.7 Å². The molecule has 0 unspecified atom stereocenters. The van der Waals surface area contributed by atoms with Crippen LogP contribution in [0.2, 0.25) is 0 Å². The molecule has 1 heterocycles. The van der Waals surface area contributed by atoms with E-state index in [4.69, 9.17) is 9.84 Å². The number of aromatic nitrogens is 2. The van der Waals surface area contributed by atoms with Gasteiger partial charge in [0.2, 0.25) is 6.33 Å². The number of unbranched alkanes of at least 4 members (excludes halogenated alkanes) is 8. The minimum absolute atomic E-state index is 0.341. The van der Waals surface area contributed by atoms with Crippen LogP contribution in [0.5, 0.6) is 5.75 Å². The predicted octanol–water partition coefficient (Wildman–Crippen LogP) is 8.03. The number of imidazole rings is 1. The summed E-state index contributed by atoms with van der Waals surface area (Å²) >= 11 is 0. The van der Waals surface area contributed by atoms with E-state index in [2.05, 4.69) is 61.4 Å². The van der Waals surface area contributed by atoms with E-state index in [-0.39, 0.29) is 0 Å². The fraction of sp³-hybridized carbons (Fsp3) is 0.750. The quantitative estimate of drug-likeness (QED) is 0.234. The lowest BCUT2D eigenvalue weighted by Crippen LogP contribution is -2.34. The highest BCUT2D eigenvalue weighted by Gasteiger charge is 2.20. The van der Waals surface area contributed by atoms with Crippen molar-refractivity contribution in [2.75, 3.05) is 13.2 Å². The highest BCUT2D eigenvalue weighted by molar-refractivity contribution is 5.74. The molecule has 1 aromatic carbocycles. The zero-order valence-corrected chi connectivity index (χ0v) is 22.5. The molecule has 0 radical (unpaired) electrons. The molecule has 0 atom stereocenters. The Hall–Kier alpha value is -1.55. The van der Waals surface area contributed by atoms with Crippen molar-refractivity contribution in [3.8, 4) is 5.75 Å². The number of nitrogens with zero attached hydrogens (tertiary/aromatic N) is 2. The first-order chi connectivity index (χ1) is 15.5. The van der Waals surface area contributed by atoms with Crippen molar-refractivity contribution in [2.45, 2.75) is 125 Å². The first kappa shape index (κ1) is 30.4. The molecule has 0 aliphatic rings. The van der Waals surface area contributed by atoms with Crippen molar-refractivity contribution in [3.63, 3.8) is 0 Å². The van der Waals surface area contributed by atoms with Crippen LogP contribution in [0.25, 0.3) is 11.0 Å². The Labute approximate surface area is 199 Å². The summed E-state index contributed by atoms with van der Waals surface area (Å²) in [6.45, 7) is 18.0. The molecule has 0 fully saturated rings. The lowest BCUT2D eigenvalue weighted by Gasteiger charge is -2.07. The van der Waals surface area contributed by atoms with Gasteiger partial charge in [-0.3, -0.25) is 0 Å². The Bertz CT molecular complexity index is 692. The highest BCUT2D eigenvalue weighted by Crippen LogP contribution is 2.23. The molecule has 0 saturated carbocycles. The third kappa shape index (κ3) is 10.8. The van der Waals surface area contributed by atoms with E-state index in [0.29, 0.717) is 18.7 Å². The molecule has 1 aromatic heterocycles. The van der Waals surface area contributed by atoms with Crippen LogP contribution in [0.3, 0.4) is 0 Å². The van der Waals surface area contributed by atoms with E-state index < -0.39 is 0 Å². The minimum Gasteiger partial charge on any atom is -0.493 e. The number of rotatable bonds is 14. The molecule has 1 N–H and O–H groups in total. The maximum atomic E-state index is 8.77. The summed E-state index contributed by atoms with van der Waals surface area (Å²) in [5, 5.41) is 8.77. The molecule has 0 aliphatic carbocycles. The second kappa shape index (κ2) is 19.0. The summed E-state index contributed by atoms with van der Waals surface area (Å²) in [6.07, 6.45) is 13.3. The van der Waals surface area contributed by atoms with Crippen LogP contribution < -0.4 is 9.30 Å². The number of hydrogen-bond donors (Lipinski definition) is 1. The Balaban J connectivity index is 0.00000227.